The van der Waals surface area contributed by atoms with Crippen LogP contribution in [0.1, 0.15) is 30.5 Å². The first kappa shape index (κ1) is 23.2. The minimum absolute atomic E-state index is 0.151. The second-order valence-corrected chi connectivity index (χ2v) is 8.40. The van der Waals surface area contributed by atoms with Crippen LogP contribution in [-0.4, -0.2) is 71.9 Å². The van der Waals surface area contributed by atoms with Gasteiger partial charge in [0.15, 0.2) is 0 Å². The van der Waals surface area contributed by atoms with Gasteiger partial charge < -0.3 is 9.64 Å². The van der Waals surface area contributed by atoms with Crippen molar-refractivity contribution < 1.29 is 18.7 Å². The van der Waals surface area contributed by atoms with Crippen LogP contribution in [0.3, 0.4) is 0 Å². The van der Waals surface area contributed by atoms with Crippen LogP contribution in [0.15, 0.2) is 53.6 Å². The highest BCUT2D eigenvalue weighted by molar-refractivity contribution is 6.31. The molecule has 0 bridgehead atoms. The first-order valence-corrected chi connectivity index (χ1v) is 11.4. The van der Waals surface area contributed by atoms with Crippen molar-refractivity contribution >= 4 is 29.3 Å². The molecule has 1 saturated heterocycles. The van der Waals surface area contributed by atoms with E-state index in [4.69, 9.17) is 16.3 Å². The average molecular weight is 473 g/mol. The van der Waals surface area contributed by atoms with Crippen LogP contribution < -0.4 is 0 Å². The van der Waals surface area contributed by atoms with Crippen LogP contribution >= 0.6 is 11.6 Å². The predicted octanol–water partition coefficient (Wildman–Crippen LogP) is 3.93. The van der Waals surface area contributed by atoms with Gasteiger partial charge in [0.25, 0.3) is 5.91 Å². The van der Waals surface area contributed by atoms with Crippen molar-refractivity contribution in [3.8, 4) is 0 Å². The Bertz CT molecular complexity index is 1040. The van der Waals surface area contributed by atoms with Crippen molar-refractivity contribution in [3.05, 3.63) is 70.5 Å². The molecule has 4 rings (SSSR count). The lowest BCUT2D eigenvalue weighted by molar-refractivity contribution is -0.134. The average Bonchev–Trinajstić information content (AvgIpc) is 3.26. The Hall–Kier alpha value is -2.97. The van der Waals surface area contributed by atoms with Gasteiger partial charge in [0.05, 0.1) is 24.9 Å². The van der Waals surface area contributed by atoms with E-state index >= 15 is 0 Å². The number of carbonyl (C=O) groups excluding carboxylic acids is 2. The molecule has 0 aliphatic carbocycles. The molecule has 0 aromatic heterocycles. The minimum atomic E-state index is -0.341. The van der Waals surface area contributed by atoms with E-state index < -0.39 is 0 Å². The Kier molecular flexibility index (Phi) is 7.25. The summed E-state index contributed by atoms with van der Waals surface area (Å²) in [7, 11) is 0. The van der Waals surface area contributed by atoms with Crippen molar-refractivity contribution in [2.24, 2.45) is 5.10 Å². The third kappa shape index (κ3) is 5.34. The van der Waals surface area contributed by atoms with Gasteiger partial charge >= 0.3 is 6.09 Å². The molecule has 2 heterocycles. The molecule has 1 atom stereocenters. The SMILES string of the molecule is CCOC(=O)N1CCN(CC(=O)N2N=C(c3ccc(F)cc3)CC2c2ccccc2Cl)CC1. The third-order valence-corrected chi connectivity index (χ3v) is 6.21. The maximum atomic E-state index is 13.4. The van der Waals surface area contributed by atoms with E-state index in [2.05, 4.69) is 5.10 Å². The van der Waals surface area contributed by atoms with E-state index in [0.717, 1.165) is 11.1 Å². The zero-order chi connectivity index (χ0) is 23.4. The normalized spacial score (nSPS) is 18.9. The molecule has 0 spiro atoms. The maximum Gasteiger partial charge on any atom is 0.409 e. The summed E-state index contributed by atoms with van der Waals surface area (Å²) in [5.74, 6) is -0.475. The molecule has 2 aliphatic rings. The number of ether oxygens (including phenoxy) is 1. The standard InChI is InChI=1S/C24H26ClFN4O3/c1-2-33-24(32)29-13-11-28(12-14-29)16-23(31)30-22(19-5-3-4-6-20(19)25)15-21(27-30)17-7-9-18(26)10-8-17/h3-10,22H,2,11-16H2,1H3. The Labute approximate surface area is 197 Å². The smallest absolute Gasteiger partial charge is 0.409 e. The number of benzene rings is 2. The van der Waals surface area contributed by atoms with E-state index in [1.807, 2.05) is 23.1 Å². The zero-order valence-corrected chi connectivity index (χ0v) is 19.2. The summed E-state index contributed by atoms with van der Waals surface area (Å²) in [5, 5.41) is 6.69. The number of halogens is 2. The highest BCUT2D eigenvalue weighted by Gasteiger charge is 2.35. The maximum absolute atomic E-state index is 13.4. The summed E-state index contributed by atoms with van der Waals surface area (Å²) in [6.45, 7) is 4.45. The number of hydrogen-bond donors (Lipinski definition) is 0. The van der Waals surface area contributed by atoms with E-state index in [1.165, 1.54) is 17.1 Å². The quantitative estimate of drug-likeness (QED) is 0.661. The first-order chi connectivity index (χ1) is 16.0. The van der Waals surface area contributed by atoms with Crippen LogP contribution in [0.5, 0.6) is 0 Å². The first-order valence-electron chi connectivity index (χ1n) is 11.0. The topological polar surface area (TPSA) is 65.5 Å². The second-order valence-electron chi connectivity index (χ2n) is 8.00. The van der Waals surface area contributed by atoms with Gasteiger partial charge in [0.2, 0.25) is 0 Å². The molecule has 1 unspecified atom stereocenters. The molecule has 33 heavy (non-hydrogen) atoms. The predicted molar refractivity (Wildman–Crippen MR) is 124 cm³/mol. The van der Waals surface area contributed by atoms with Gasteiger partial charge in [-0.05, 0) is 36.2 Å². The van der Waals surface area contributed by atoms with E-state index in [1.54, 1.807) is 30.0 Å². The van der Waals surface area contributed by atoms with Gasteiger partial charge in [-0.2, -0.15) is 5.10 Å². The van der Waals surface area contributed by atoms with Crippen LogP contribution in [0, 0.1) is 5.82 Å². The van der Waals surface area contributed by atoms with Crippen LogP contribution in [0.2, 0.25) is 5.02 Å². The molecule has 0 radical (unpaired) electrons. The summed E-state index contributed by atoms with van der Waals surface area (Å²) in [4.78, 5) is 28.9. The molecule has 0 N–H and O–H groups in total. The number of hydrogen-bond acceptors (Lipinski definition) is 5. The van der Waals surface area contributed by atoms with Gasteiger partial charge in [-0.3, -0.25) is 9.69 Å². The summed E-state index contributed by atoms with van der Waals surface area (Å²) in [5.41, 5.74) is 2.30. The van der Waals surface area contributed by atoms with Gasteiger partial charge in [-0.1, -0.05) is 41.9 Å². The lowest BCUT2D eigenvalue weighted by atomic mass is 9.98. The van der Waals surface area contributed by atoms with Gasteiger partial charge in [-0.25, -0.2) is 14.2 Å². The van der Waals surface area contributed by atoms with Crippen molar-refractivity contribution in [2.75, 3.05) is 39.3 Å². The fourth-order valence-electron chi connectivity index (χ4n) is 4.11. The highest BCUT2D eigenvalue weighted by Crippen LogP contribution is 2.36. The molecule has 1 fully saturated rings. The van der Waals surface area contributed by atoms with Gasteiger partial charge in [0.1, 0.15) is 5.82 Å². The fourth-order valence-corrected chi connectivity index (χ4v) is 4.37. The molecule has 174 valence electrons. The number of hydrazone groups is 1. The zero-order valence-electron chi connectivity index (χ0n) is 18.4. The second kappa shape index (κ2) is 10.3. The largest absolute Gasteiger partial charge is 0.450 e. The molecule has 0 saturated carbocycles. The lowest BCUT2D eigenvalue weighted by Gasteiger charge is -2.34. The molecule has 2 aromatic rings. The lowest BCUT2D eigenvalue weighted by Crippen LogP contribution is -2.51. The minimum Gasteiger partial charge on any atom is -0.450 e. The number of nitrogens with zero attached hydrogens (tertiary/aromatic N) is 4. The molecule has 9 heteroatoms. The molecule has 2 amide bonds. The molecule has 7 nitrogen and oxygen atoms in total. The number of piperazine rings is 1. The number of rotatable bonds is 5. The van der Waals surface area contributed by atoms with Crippen molar-refractivity contribution in [1.82, 2.24) is 14.8 Å². The Morgan fingerprint density at radius 3 is 2.45 bits per heavy atom. The summed E-state index contributed by atoms with van der Waals surface area (Å²) in [6, 6.07) is 13.2. The van der Waals surface area contributed by atoms with Crippen molar-refractivity contribution in [2.45, 2.75) is 19.4 Å². The molecule has 2 aromatic carbocycles. The third-order valence-electron chi connectivity index (χ3n) is 5.86. The van der Waals surface area contributed by atoms with E-state index in [9.17, 15) is 14.0 Å². The van der Waals surface area contributed by atoms with Crippen LogP contribution in [-0.2, 0) is 9.53 Å². The number of carbonyl (C=O) groups is 2. The van der Waals surface area contributed by atoms with Crippen molar-refractivity contribution in [1.29, 1.82) is 0 Å². The Morgan fingerprint density at radius 2 is 1.79 bits per heavy atom. The Balaban J connectivity index is 1.49. The van der Waals surface area contributed by atoms with Crippen LogP contribution in [0.25, 0.3) is 0 Å². The van der Waals surface area contributed by atoms with Crippen LogP contribution in [0.4, 0.5) is 9.18 Å². The fraction of sp³-hybridized carbons (Fsp3) is 0.375. The molecule has 2 aliphatic heterocycles. The van der Waals surface area contributed by atoms with E-state index in [-0.39, 0.29) is 30.4 Å². The van der Waals surface area contributed by atoms with Gasteiger partial charge in [0, 0.05) is 37.6 Å². The summed E-state index contributed by atoms with van der Waals surface area (Å²) in [6.07, 6.45) is 0.160. The summed E-state index contributed by atoms with van der Waals surface area (Å²) < 4.78 is 18.4. The monoisotopic (exact) mass is 472 g/mol. The highest BCUT2D eigenvalue weighted by atomic mass is 35.5. The summed E-state index contributed by atoms with van der Waals surface area (Å²) >= 11 is 6.45. The van der Waals surface area contributed by atoms with E-state index in [0.29, 0.717) is 49.9 Å². The molecular weight excluding hydrogens is 447 g/mol. The Morgan fingerprint density at radius 1 is 1.09 bits per heavy atom. The van der Waals surface area contributed by atoms with Gasteiger partial charge in [-0.15, -0.1) is 0 Å². The molecular formula is C24H26ClFN4O3. The van der Waals surface area contributed by atoms with Crippen molar-refractivity contribution in [3.63, 3.8) is 0 Å². The number of amides is 2.